The van der Waals surface area contributed by atoms with Gasteiger partial charge in [-0.15, -0.1) is 0 Å². The Bertz CT molecular complexity index is 851. The number of nitro groups is 1. The highest BCUT2D eigenvalue weighted by Gasteiger charge is 2.07. The van der Waals surface area contributed by atoms with Crippen molar-refractivity contribution in [2.75, 3.05) is 0 Å². The van der Waals surface area contributed by atoms with Gasteiger partial charge in [-0.1, -0.05) is 41.9 Å². The number of rotatable bonds is 4. The van der Waals surface area contributed by atoms with E-state index in [1.165, 1.54) is 6.08 Å². The highest BCUT2D eigenvalue weighted by atomic mass is 35.5. The van der Waals surface area contributed by atoms with Crippen molar-refractivity contribution in [3.05, 3.63) is 87.2 Å². The molecule has 1 aromatic heterocycles. The molecule has 0 unspecified atom stereocenters. The van der Waals surface area contributed by atoms with Gasteiger partial charge in [-0.05, 0) is 23.8 Å². The third-order valence-corrected chi connectivity index (χ3v) is 3.71. The summed E-state index contributed by atoms with van der Waals surface area (Å²) in [6, 6.07) is 15.5. The second kappa shape index (κ2) is 6.03. The Morgan fingerprint density at radius 1 is 1.14 bits per heavy atom. The molecule has 0 aliphatic carbocycles. The number of para-hydroxylation sites is 1. The van der Waals surface area contributed by atoms with Crippen LogP contribution >= 0.6 is 11.6 Å². The fourth-order valence-electron chi connectivity index (χ4n) is 2.47. The van der Waals surface area contributed by atoms with E-state index in [1.54, 1.807) is 0 Å². The lowest BCUT2D eigenvalue weighted by atomic mass is 10.2. The number of benzene rings is 2. The number of hydrogen-bond donors (Lipinski definition) is 0. The molecule has 4 nitrogen and oxygen atoms in total. The van der Waals surface area contributed by atoms with Gasteiger partial charge in [-0.3, -0.25) is 10.1 Å². The van der Waals surface area contributed by atoms with Crippen LogP contribution in [0.15, 0.2) is 60.9 Å². The van der Waals surface area contributed by atoms with Crippen LogP contribution in [-0.2, 0) is 6.54 Å². The minimum absolute atomic E-state index is 0.453. The second-order valence-electron chi connectivity index (χ2n) is 4.96. The molecule has 0 aliphatic rings. The van der Waals surface area contributed by atoms with E-state index in [-0.39, 0.29) is 0 Å². The Kier molecular flexibility index (Phi) is 3.94. The number of fused-ring (bicyclic) bond motifs is 1. The van der Waals surface area contributed by atoms with Crippen molar-refractivity contribution in [3.8, 4) is 0 Å². The summed E-state index contributed by atoms with van der Waals surface area (Å²) in [6.45, 7) is 0.685. The lowest BCUT2D eigenvalue weighted by Crippen LogP contribution is -1.97. The average Bonchev–Trinajstić information content (AvgIpc) is 2.86. The van der Waals surface area contributed by atoms with Crippen molar-refractivity contribution >= 4 is 28.6 Å². The summed E-state index contributed by atoms with van der Waals surface area (Å²) in [5, 5.41) is 12.2. The normalized spacial score (nSPS) is 11.3. The average molecular weight is 313 g/mol. The number of nitrogens with zero attached hydrogens (tertiary/aromatic N) is 2. The van der Waals surface area contributed by atoms with Gasteiger partial charge in [0.25, 0.3) is 0 Å². The van der Waals surface area contributed by atoms with Crippen molar-refractivity contribution in [3.63, 3.8) is 0 Å². The van der Waals surface area contributed by atoms with Gasteiger partial charge in [-0.2, -0.15) is 0 Å². The van der Waals surface area contributed by atoms with Crippen LogP contribution in [0.1, 0.15) is 11.1 Å². The predicted molar refractivity (Wildman–Crippen MR) is 88.5 cm³/mol. The van der Waals surface area contributed by atoms with Crippen molar-refractivity contribution in [1.29, 1.82) is 0 Å². The van der Waals surface area contributed by atoms with Crippen LogP contribution in [0.25, 0.3) is 17.0 Å². The van der Waals surface area contributed by atoms with E-state index in [1.807, 2.05) is 54.7 Å². The van der Waals surface area contributed by atoms with E-state index in [4.69, 9.17) is 11.6 Å². The zero-order valence-electron chi connectivity index (χ0n) is 11.6. The van der Waals surface area contributed by atoms with E-state index in [0.29, 0.717) is 11.6 Å². The summed E-state index contributed by atoms with van der Waals surface area (Å²) < 4.78 is 2.08. The molecule has 0 spiro atoms. The molecule has 0 N–H and O–H groups in total. The van der Waals surface area contributed by atoms with Crippen molar-refractivity contribution in [2.45, 2.75) is 6.54 Å². The maximum Gasteiger partial charge on any atom is 0.235 e. The summed E-state index contributed by atoms with van der Waals surface area (Å²) in [5.74, 6) is 0. The Hall–Kier alpha value is -2.59. The summed E-state index contributed by atoms with van der Waals surface area (Å²) in [7, 11) is 0. The largest absolute Gasteiger partial charge is 0.342 e. The van der Waals surface area contributed by atoms with E-state index >= 15 is 0 Å². The van der Waals surface area contributed by atoms with Gasteiger partial charge < -0.3 is 4.57 Å². The Morgan fingerprint density at radius 2 is 1.86 bits per heavy atom. The van der Waals surface area contributed by atoms with Crippen molar-refractivity contribution < 1.29 is 4.92 Å². The molecule has 1 heterocycles. The SMILES string of the molecule is O=[N+]([O-])C=Cc1cn(Cc2ccc(Cl)cc2)c2ccccc12. The molecule has 0 fully saturated rings. The van der Waals surface area contributed by atoms with E-state index in [9.17, 15) is 10.1 Å². The van der Waals surface area contributed by atoms with Gasteiger partial charge in [0.1, 0.15) is 0 Å². The molecule has 0 amide bonds. The molecule has 0 atom stereocenters. The minimum atomic E-state index is -0.453. The van der Waals surface area contributed by atoms with Gasteiger partial charge in [0.2, 0.25) is 6.20 Å². The number of aromatic nitrogens is 1. The predicted octanol–water partition coefficient (Wildman–Crippen LogP) is 4.59. The molecule has 0 radical (unpaired) electrons. The quantitative estimate of drug-likeness (QED) is 0.522. The van der Waals surface area contributed by atoms with E-state index in [2.05, 4.69) is 4.57 Å². The molecule has 0 bridgehead atoms. The Balaban J connectivity index is 2.02. The fraction of sp³-hybridized carbons (Fsp3) is 0.0588. The first-order valence-electron chi connectivity index (χ1n) is 6.77. The van der Waals surface area contributed by atoms with Gasteiger partial charge in [0.05, 0.1) is 4.92 Å². The van der Waals surface area contributed by atoms with Crippen LogP contribution < -0.4 is 0 Å². The van der Waals surface area contributed by atoms with E-state index in [0.717, 1.165) is 28.2 Å². The molecule has 0 saturated heterocycles. The summed E-state index contributed by atoms with van der Waals surface area (Å²) in [5.41, 5.74) is 3.00. The standard InChI is InChI=1S/C17H13ClN2O2/c18-15-7-5-13(6-8-15)11-19-12-14(9-10-20(21)22)16-3-1-2-4-17(16)19/h1-10,12H,11H2. The molecular weight excluding hydrogens is 300 g/mol. The summed E-state index contributed by atoms with van der Waals surface area (Å²) >= 11 is 5.90. The molecule has 3 aromatic rings. The molecule has 0 saturated carbocycles. The molecule has 3 rings (SSSR count). The van der Waals surface area contributed by atoms with Crippen molar-refractivity contribution in [2.24, 2.45) is 0 Å². The maximum absolute atomic E-state index is 10.5. The lowest BCUT2D eigenvalue weighted by molar-refractivity contribution is -0.400. The molecular formula is C17H13ClN2O2. The summed E-state index contributed by atoms with van der Waals surface area (Å²) in [6.07, 6.45) is 4.42. The lowest BCUT2D eigenvalue weighted by Gasteiger charge is -2.05. The monoisotopic (exact) mass is 312 g/mol. The molecule has 2 aromatic carbocycles. The van der Waals surface area contributed by atoms with Crippen LogP contribution in [0.3, 0.4) is 0 Å². The van der Waals surface area contributed by atoms with Gasteiger partial charge in [0, 0.05) is 40.3 Å². The first-order valence-corrected chi connectivity index (χ1v) is 7.15. The van der Waals surface area contributed by atoms with E-state index < -0.39 is 4.92 Å². The number of halogens is 1. The smallest absolute Gasteiger partial charge is 0.235 e. The topological polar surface area (TPSA) is 48.1 Å². The van der Waals surface area contributed by atoms with Crippen LogP contribution in [0, 0.1) is 10.1 Å². The first-order chi connectivity index (χ1) is 10.6. The fourth-order valence-corrected chi connectivity index (χ4v) is 2.59. The van der Waals surface area contributed by atoms with Gasteiger partial charge >= 0.3 is 0 Å². The van der Waals surface area contributed by atoms with Gasteiger partial charge in [-0.25, -0.2) is 0 Å². The third kappa shape index (κ3) is 3.02. The highest BCUT2D eigenvalue weighted by Crippen LogP contribution is 2.24. The van der Waals surface area contributed by atoms with Crippen LogP contribution in [0.5, 0.6) is 0 Å². The highest BCUT2D eigenvalue weighted by molar-refractivity contribution is 6.30. The third-order valence-electron chi connectivity index (χ3n) is 3.46. The summed E-state index contributed by atoms with van der Waals surface area (Å²) in [4.78, 5) is 10.1. The van der Waals surface area contributed by atoms with Crippen LogP contribution in [0.2, 0.25) is 5.02 Å². The molecule has 5 heteroatoms. The Labute approximate surface area is 132 Å². The maximum atomic E-state index is 10.5. The molecule has 22 heavy (non-hydrogen) atoms. The minimum Gasteiger partial charge on any atom is -0.342 e. The zero-order chi connectivity index (χ0) is 15.5. The Morgan fingerprint density at radius 3 is 2.59 bits per heavy atom. The molecule has 0 aliphatic heterocycles. The second-order valence-corrected chi connectivity index (χ2v) is 5.39. The van der Waals surface area contributed by atoms with Gasteiger partial charge in [0.15, 0.2) is 0 Å². The molecule has 110 valence electrons. The van der Waals surface area contributed by atoms with Crippen molar-refractivity contribution in [1.82, 2.24) is 4.57 Å². The number of hydrogen-bond acceptors (Lipinski definition) is 2. The first kappa shape index (κ1) is 14.4. The van der Waals surface area contributed by atoms with Crippen LogP contribution in [0.4, 0.5) is 0 Å². The zero-order valence-corrected chi connectivity index (χ0v) is 12.4. The van der Waals surface area contributed by atoms with Crippen LogP contribution in [-0.4, -0.2) is 9.49 Å².